The van der Waals surface area contributed by atoms with Gasteiger partial charge in [-0.1, -0.05) is 0 Å². The van der Waals surface area contributed by atoms with Crippen LogP contribution in [-0.4, -0.2) is 47.9 Å². The van der Waals surface area contributed by atoms with Crippen LogP contribution in [0.1, 0.15) is 27.1 Å². The molecule has 1 aliphatic heterocycles. The van der Waals surface area contributed by atoms with Gasteiger partial charge in [0.1, 0.15) is 0 Å². The van der Waals surface area contributed by atoms with E-state index in [1.165, 1.54) is 42.5 Å². The molecule has 0 radical (unpaired) electrons. The van der Waals surface area contributed by atoms with Crippen molar-refractivity contribution < 1.29 is 24.0 Å². The van der Waals surface area contributed by atoms with Gasteiger partial charge in [-0.05, 0) is 36.8 Å². The highest BCUT2D eigenvalue weighted by Crippen LogP contribution is 2.26. The molecule has 0 unspecified atom stereocenters. The zero-order valence-corrected chi connectivity index (χ0v) is 15.5. The number of urea groups is 1. The van der Waals surface area contributed by atoms with Crippen molar-refractivity contribution >= 4 is 34.9 Å². The highest BCUT2D eigenvalue weighted by Gasteiger charge is 2.35. The summed E-state index contributed by atoms with van der Waals surface area (Å²) >= 11 is 0. The van der Waals surface area contributed by atoms with E-state index in [9.17, 15) is 24.5 Å². The van der Waals surface area contributed by atoms with Crippen LogP contribution in [0.3, 0.4) is 0 Å². The average Bonchev–Trinajstić information content (AvgIpc) is 2.93. The molecule has 10 heteroatoms. The van der Waals surface area contributed by atoms with E-state index in [1.807, 2.05) is 0 Å². The minimum absolute atomic E-state index is 0.0900. The van der Waals surface area contributed by atoms with E-state index in [2.05, 4.69) is 10.6 Å². The molecule has 2 N–H and O–H groups in total. The summed E-state index contributed by atoms with van der Waals surface area (Å²) in [6, 6.07) is 9.22. The molecule has 150 valence electrons. The third kappa shape index (κ3) is 4.38. The molecule has 2 aromatic carbocycles. The van der Waals surface area contributed by atoms with Crippen molar-refractivity contribution in [1.82, 2.24) is 4.90 Å². The molecule has 0 aliphatic carbocycles. The molecule has 29 heavy (non-hydrogen) atoms. The summed E-state index contributed by atoms with van der Waals surface area (Å²) in [6.45, 7) is 0.687. The van der Waals surface area contributed by atoms with Gasteiger partial charge in [0.2, 0.25) is 0 Å². The molecule has 0 spiro atoms. The maximum Gasteiger partial charge on any atom is 0.323 e. The van der Waals surface area contributed by atoms with Crippen molar-refractivity contribution in [1.29, 1.82) is 0 Å². The predicted molar refractivity (Wildman–Crippen MR) is 104 cm³/mol. The molecule has 0 saturated heterocycles. The van der Waals surface area contributed by atoms with Crippen LogP contribution in [0.25, 0.3) is 0 Å². The highest BCUT2D eigenvalue weighted by molar-refractivity contribution is 6.22. The lowest BCUT2D eigenvalue weighted by Gasteiger charge is -2.12. The van der Waals surface area contributed by atoms with Crippen LogP contribution in [0.2, 0.25) is 0 Å². The Bertz CT molecular complexity index is 973. The van der Waals surface area contributed by atoms with E-state index in [4.69, 9.17) is 4.74 Å². The van der Waals surface area contributed by atoms with E-state index in [-0.39, 0.29) is 29.3 Å². The maximum atomic E-state index is 12.5. The van der Waals surface area contributed by atoms with Gasteiger partial charge in [0, 0.05) is 43.8 Å². The zero-order valence-electron chi connectivity index (χ0n) is 15.5. The second-order valence-electron chi connectivity index (χ2n) is 6.25. The molecule has 0 atom stereocenters. The summed E-state index contributed by atoms with van der Waals surface area (Å²) in [5.74, 6) is -0.788. The number of amides is 4. The molecule has 10 nitrogen and oxygen atoms in total. The fourth-order valence-electron chi connectivity index (χ4n) is 2.90. The molecule has 4 amide bonds. The molecular weight excluding hydrogens is 380 g/mol. The minimum Gasteiger partial charge on any atom is -0.385 e. The Morgan fingerprint density at radius 3 is 2.31 bits per heavy atom. The van der Waals surface area contributed by atoms with Crippen LogP contribution in [-0.2, 0) is 4.74 Å². The Morgan fingerprint density at radius 1 is 1.03 bits per heavy atom. The van der Waals surface area contributed by atoms with E-state index in [0.29, 0.717) is 24.4 Å². The number of nitro benzene ring substituents is 1. The second kappa shape index (κ2) is 8.48. The molecule has 1 aliphatic rings. The number of carbonyl (C=O) groups excluding carboxylic acids is 3. The standard InChI is InChI=1S/C19H18N4O6/c1-29-10-2-9-22-17(24)15-8-5-13(11-16(15)18(22)25)21-19(26)20-12-3-6-14(7-4-12)23(27)28/h3-8,11H,2,9-10H2,1H3,(H2,20,21,26). The number of hydrogen-bond donors (Lipinski definition) is 2. The topological polar surface area (TPSA) is 131 Å². The molecule has 3 rings (SSSR count). The average molecular weight is 398 g/mol. The summed E-state index contributed by atoms with van der Waals surface area (Å²) in [4.78, 5) is 48.3. The maximum absolute atomic E-state index is 12.5. The number of carbonyl (C=O) groups is 3. The van der Waals surface area contributed by atoms with Gasteiger partial charge >= 0.3 is 6.03 Å². The van der Waals surface area contributed by atoms with Crippen molar-refractivity contribution in [2.45, 2.75) is 6.42 Å². The lowest BCUT2D eigenvalue weighted by Crippen LogP contribution is -2.31. The van der Waals surface area contributed by atoms with Crippen LogP contribution in [0.4, 0.5) is 21.9 Å². The summed E-state index contributed by atoms with van der Waals surface area (Å²) in [6.07, 6.45) is 0.532. The number of benzene rings is 2. The van der Waals surface area contributed by atoms with E-state index >= 15 is 0 Å². The SMILES string of the molecule is COCCCN1C(=O)c2ccc(NC(=O)Nc3ccc([N+](=O)[O-])cc3)cc2C1=O. The molecule has 0 bridgehead atoms. The minimum atomic E-state index is -0.590. The van der Waals surface area contributed by atoms with E-state index in [1.54, 1.807) is 7.11 Å². The van der Waals surface area contributed by atoms with Crippen LogP contribution in [0.15, 0.2) is 42.5 Å². The van der Waals surface area contributed by atoms with Crippen LogP contribution < -0.4 is 10.6 Å². The van der Waals surface area contributed by atoms with Gasteiger partial charge in [-0.3, -0.25) is 24.6 Å². The van der Waals surface area contributed by atoms with E-state index < -0.39 is 16.9 Å². The number of rotatable bonds is 7. The van der Waals surface area contributed by atoms with Crippen molar-refractivity contribution in [2.24, 2.45) is 0 Å². The number of nitro groups is 1. The number of hydrogen-bond acceptors (Lipinski definition) is 6. The van der Waals surface area contributed by atoms with Gasteiger partial charge in [-0.15, -0.1) is 0 Å². The van der Waals surface area contributed by atoms with E-state index in [0.717, 1.165) is 4.90 Å². The van der Waals surface area contributed by atoms with Gasteiger partial charge in [0.25, 0.3) is 17.5 Å². The number of non-ortho nitro benzene ring substituents is 1. The summed E-state index contributed by atoms with van der Waals surface area (Å²) in [5, 5.41) is 15.8. The summed E-state index contributed by atoms with van der Waals surface area (Å²) < 4.78 is 4.94. The van der Waals surface area contributed by atoms with Crippen LogP contribution >= 0.6 is 0 Å². The van der Waals surface area contributed by atoms with Crippen molar-refractivity contribution in [3.63, 3.8) is 0 Å². The number of nitrogens with zero attached hydrogens (tertiary/aromatic N) is 2. The Morgan fingerprint density at radius 2 is 1.66 bits per heavy atom. The smallest absolute Gasteiger partial charge is 0.323 e. The lowest BCUT2D eigenvalue weighted by molar-refractivity contribution is -0.384. The third-order valence-corrected chi connectivity index (χ3v) is 4.29. The molecule has 1 heterocycles. The highest BCUT2D eigenvalue weighted by atomic mass is 16.6. The Balaban J connectivity index is 1.66. The van der Waals surface area contributed by atoms with Crippen LogP contribution in [0.5, 0.6) is 0 Å². The number of fused-ring (bicyclic) bond motifs is 1. The monoisotopic (exact) mass is 398 g/mol. The Labute approximate surface area is 165 Å². The molecular formula is C19H18N4O6. The van der Waals surface area contributed by atoms with Gasteiger partial charge in [0.15, 0.2) is 0 Å². The van der Waals surface area contributed by atoms with Gasteiger partial charge in [0.05, 0.1) is 16.1 Å². The second-order valence-corrected chi connectivity index (χ2v) is 6.25. The number of imide groups is 1. The van der Waals surface area contributed by atoms with Gasteiger partial charge in [-0.2, -0.15) is 0 Å². The van der Waals surface area contributed by atoms with Gasteiger partial charge in [-0.25, -0.2) is 4.79 Å². The number of ether oxygens (including phenoxy) is 1. The first-order chi connectivity index (χ1) is 13.9. The summed E-state index contributed by atoms with van der Waals surface area (Å²) in [5.41, 5.74) is 1.12. The fourth-order valence-corrected chi connectivity index (χ4v) is 2.90. The lowest BCUT2D eigenvalue weighted by atomic mass is 10.1. The first-order valence-corrected chi connectivity index (χ1v) is 8.72. The Kier molecular flexibility index (Phi) is 5.84. The largest absolute Gasteiger partial charge is 0.385 e. The number of nitrogens with one attached hydrogen (secondary N) is 2. The van der Waals surface area contributed by atoms with Crippen LogP contribution in [0, 0.1) is 10.1 Å². The molecule has 2 aromatic rings. The first-order valence-electron chi connectivity index (χ1n) is 8.72. The molecule has 0 aromatic heterocycles. The summed E-state index contributed by atoms with van der Waals surface area (Å²) in [7, 11) is 1.54. The predicted octanol–water partition coefficient (Wildman–Crippen LogP) is 2.87. The van der Waals surface area contributed by atoms with Crippen molar-refractivity contribution in [3.8, 4) is 0 Å². The molecule has 0 saturated carbocycles. The van der Waals surface area contributed by atoms with Crippen molar-refractivity contribution in [2.75, 3.05) is 30.9 Å². The first kappa shape index (κ1) is 20.0. The van der Waals surface area contributed by atoms with Gasteiger partial charge < -0.3 is 15.4 Å². The van der Waals surface area contributed by atoms with Crippen molar-refractivity contribution in [3.05, 3.63) is 63.7 Å². The molecule has 0 fully saturated rings. The fraction of sp³-hybridized carbons (Fsp3) is 0.211. The Hall–Kier alpha value is -3.79. The number of anilines is 2. The third-order valence-electron chi connectivity index (χ3n) is 4.29. The zero-order chi connectivity index (χ0) is 21.0. The normalized spacial score (nSPS) is 12.7. The number of methoxy groups -OCH3 is 1. The quantitative estimate of drug-likeness (QED) is 0.319.